The Morgan fingerprint density at radius 1 is 0.512 bits per heavy atom. The monoisotopic (exact) mass is 559 g/mol. The van der Waals surface area contributed by atoms with Crippen LogP contribution in [0.25, 0.3) is 17.3 Å². The molecule has 0 aliphatic rings. The Balaban J connectivity index is 1.19. The second-order valence-electron chi connectivity index (χ2n) is 11.9. The summed E-state index contributed by atoms with van der Waals surface area (Å²) in [5, 5.41) is 0. The summed E-state index contributed by atoms with van der Waals surface area (Å²) in [6.45, 7) is 9.40. The van der Waals surface area contributed by atoms with Crippen LogP contribution in [0.2, 0.25) is 0 Å². The van der Waals surface area contributed by atoms with Crippen LogP contribution in [0.5, 0.6) is 0 Å². The molecule has 0 fully saturated rings. The summed E-state index contributed by atoms with van der Waals surface area (Å²) in [6.07, 6.45) is 41.9. The molecule has 0 N–H and O–H groups in total. The molecule has 41 heavy (non-hydrogen) atoms. The molecular weight excluding hydrogens is 500 g/mol. The molecule has 0 saturated heterocycles. The van der Waals surface area contributed by atoms with Crippen LogP contribution in [-0.4, -0.2) is 4.57 Å². The number of hydrogen-bond donors (Lipinski definition) is 0. The molecule has 3 heterocycles. The fourth-order valence-corrected chi connectivity index (χ4v) is 5.68. The van der Waals surface area contributed by atoms with Crippen LogP contribution in [0.1, 0.15) is 122 Å². The molecule has 0 bridgehead atoms. The lowest BCUT2D eigenvalue weighted by Gasteiger charge is -2.03. The summed E-state index contributed by atoms with van der Waals surface area (Å²) in [5.41, 5.74) is 2.60. The molecule has 0 aromatic carbocycles. The summed E-state index contributed by atoms with van der Waals surface area (Å²) in [7, 11) is 0. The highest BCUT2D eigenvalue weighted by atomic mass is 15.1. The summed E-state index contributed by atoms with van der Waals surface area (Å²) < 4.78 is 8.90. The van der Waals surface area contributed by atoms with Gasteiger partial charge in [-0.2, -0.15) is 0 Å². The zero-order valence-electron chi connectivity index (χ0n) is 26.3. The Kier molecular flexibility index (Phi) is 16.8. The van der Waals surface area contributed by atoms with Gasteiger partial charge in [-0.1, -0.05) is 90.6 Å². The highest BCUT2D eigenvalue weighted by molar-refractivity contribution is 5.60. The lowest BCUT2D eigenvalue weighted by molar-refractivity contribution is -0.698. The number of aromatic nitrogens is 4. The third-order valence-corrected chi connectivity index (χ3v) is 8.39. The van der Waals surface area contributed by atoms with Gasteiger partial charge in [-0.15, -0.1) is 0 Å². The number of unbranched alkanes of at least 4 members (excludes halogenated alkanes) is 16. The molecule has 3 aromatic rings. The smallest absolute Gasteiger partial charge is 0.236 e. The lowest BCUT2D eigenvalue weighted by Crippen LogP contribution is -2.33. The van der Waals surface area contributed by atoms with Gasteiger partial charge in [-0.25, -0.2) is 18.3 Å². The van der Waals surface area contributed by atoms with E-state index in [0.29, 0.717) is 0 Å². The number of rotatable bonds is 24. The predicted octanol–water partition coefficient (Wildman–Crippen LogP) is 8.86. The fraction of sp³-hybridized carbons (Fsp3) is 0.595. The van der Waals surface area contributed by atoms with Crippen LogP contribution in [0.3, 0.4) is 0 Å². The molecule has 0 unspecified atom stereocenters. The number of pyridine rings is 2. The van der Waals surface area contributed by atoms with Crippen LogP contribution in [0.4, 0.5) is 0 Å². The van der Waals surface area contributed by atoms with Crippen molar-refractivity contribution in [2.75, 3.05) is 0 Å². The van der Waals surface area contributed by atoms with E-state index >= 15 is 0 Å². The van der Waals surface area contributed by atoms with Crippen molar-refractivity contribution in [3.05, 3.63) is 74.4 Å². The van der Waals surface area contributed by atoms with Crippen LogP contribution in [-0.2, 0) is 19.6 Å². The molecule has 0 spiro atoms. The normalized spacial score (nSPS) is 11.2. The van der Waals surface area contributed by atoms with Gasteiger partial charge in [-0.3, -0.25) is 0 Å². The zero-order chi connectivity index (χ0) is 28.8. The number of imidazole rings is 1. The second-order valence-corrected chi connectivity index (χ2v) is 11.9. The first-order chi connectivity index (χ1) is 20.3. The molecule has 0 amide bonds. The molecule has 3 rings (SSSR count). The Hall–Kier alpha value is -2.75. The van der Waals surface area contributed by atoms with E-state index in [1.54, 1.807) is 0 Å². The topological polar surface area (TPSA) is 16.6 Å². The summed E-state index contributed by atoms with van der Waals surface area (Å²) in [6, 6.07) is 9.05. The van der Waals surface area contributed by atoms with Crippen molar-refractivity contribution in [1.82, 2.24) is 4.57 Å². The van der Waals surface area contributed by atoms with Crippen molar-refractivity contribution >= 4 is 6.20 Å². The minimum atomic E-state index is 1.08. The highest BCUT2D eigenvalue weighted by Crippen LogP contribution is 2.16. The number of nitrogens with zero attached hydrogens (tertiary/aromatic N) is 4. The lowest BCUT2D eigenvalue weighted by atomic mass is 10.0. The van der Waals surface area contributed by atoms with Gasteiger partial charge in [0.15, 0.2) is 24.8 Å². The molecule has 3 aromatic heterocycles. The van der Waals surface area contributed by atoms with Gasteiger partial charge in [0.1, 0.15) is 25.5 Å². The molecule has 4 heteroatoms. The summed E-state index contributed by atoms with van der Waals surface area (Å²) >= 11 is 0. The summed E-state index contributed by atoms with van der Waals surface area (Å²) in [4.78, 5) is 0. The molecule has 0 radical (unpaired) electrons. The third kappa shape index (κ3) is 14.1. The van der Waals surface area contributed by atoms with Crippen molar-refractivity contribution in [2.24, 2.45) is 0 Å². The maximum Gasteiger partial charge on any atom is 0.248 e. The molecule has 4 nitrogen and oxygen atoms in total. The quantitative estimate of drug-likeness (QED) is 0.0770. The largest absolute Gasteiger partial charge is 0.248 e. The SMILES string of the molecule is C=Cn1cc[n+](CCCCCC[n+]2ccc(-c3cc[n+](CCCCCCCCCCCCCCCC)cc3)cc2)c1. The summed E-state index contributed by atoms with van der Waals surface area (Å²) in [5.74, 6) is 0. The Labute approximate surface area is 251 Å². The van der Waals surface area contributed by atoms with E-state index < -0.39 is 0 Å². The van der Waals surface area contributed by atoms with E-state index in [2.05, 4.69) is 88.8 Å². The van der Waals surface area contributed by atoms with Crippen LogP contribution in [0, 0.1) is 0 Å². The van der Waals surface area contributed by atoms with E-state index in [1.807, 2.05) is 17.0 Å². The van der Waals surface area contributed by atoms with E-state index in [4.69, 9.17) is 0 Å². The Bertz CT molecular complexity index is 1050. The van der Waals surface area contributed by atoms with Crippen molar-refractivity contribution in [3.8, 4) is 11.1 Å². The minimum absolute atomic E-state index is 1.08. The van der Waals surface area contributed by atoms with Crippen molar-refractivity contribution in [3.63, 3.8) is 0 Å². The van der Waals surface area contributed by atoms with Crippen LogP contribution >= 0.6 is 0 Å². The standard InChI is InChI=1S/C37H59N4/c1-3-5-6-7-8-9-10-11-12-13-14-15-16-19-26-39-29-22-36(23-30-39)37-24-31-40(32-25-37)27-20-17-18-21-28-41-34-33-38(4-2)35-41/h4,22-25,29-35H,2-3,5-21,26-28H2,1H3/q+3. The van der Waals surface area contributed by atoms with Gasteiger partial charge in [0.2, 0.25) is 6.33 Å². The molecular formula is C37H59N4+3. The van der Waals surface area contributed by atoms with E-state index in [0.717, 1.165) is 19.6 Å². The van der Waals surface area contributed by atoms with E-state index in [9.17, 15) is 0 Å². The van der Waals surface area contributed by atoms with Gasteiger partial charge in [0, 0.05) is 37.1 Å². The average Bonchev–Trinajstić information content (AvgIpc) is 3.48. The van der Waals surface area contributed by atoms with Crippen molar-refractivity contribution < 1.29 is 13.7 Å². The second kappa shape index (κ2) is 21.0. The van der Waals surface area contributed by atoms with Crippen molar-refractivity contribution in [1.29, 1.82) is 0 Å². The maximum absolute atomic E-state index is 3.80. The molecule has 0 atom stereocenters. The van der Waals surface area contributed by atoms with Gasteiger partial charge in [0.05, 0.1) is 12.7 Å². The van der Waals surface area contributed by atoms with E-state index in [-0.39, 0.29) is 0 Å². The Morgan fingerprint density at radius 3 is 1.24 bits per heavy atom. The number of hydrogen-bond acceptors (Lipinski definition) is 0. The first kappa shape index (κ1) is 32.8. The fourth-order valence-electron chi connectivity index (χ4n) is 5.68. The first-order valence-corrected chi connectivity index (χ1v) is 17.0. The highest BCUT2D eigenvalue weighted by Gasteiger charge is 2.07. The predicted molar refractivity (Wildman–Crippen MR) is 172 cm³/mol. The zero-order valence-corrected chi connectivity index (χ0v) is 26.3. The van der Waals surface area contributed by atoms with Gasteiger partial charge >= 0.3 is 0 Å². The van der Waals surface area contributed by atoms with Gasteiger partial charge < -0.3 is 0 Å². The van der Waals surface area contributed by atoms with Crippen molar-refractivity contribution in [2.45, 2.75) is 142 Å². The minimum Gasteiger partial charge on any atom is -0.236 e. The molecule has 0 aliphatic heterocycles. The maximum atomic E-state index is 3.80. The molecule has 0 aliphatic carbocycles. The first-order valence-electron chi connectivity index (χ1n) is 17.0. The van der Waals surface area contributed by atoms with Gasteiger partial charge in [-0.05, 0) is 36.8 Å². The van der Waals surface area contributed by atoms with Crippen LogP contribution in [0.15, 0.2) is 74.4 Å². The third-order valence-electron chi connectivity index (χ3n) is 8.39. The molecule has 0 saturated carbocycles. The number of aryl methyl sites for hydroxylation is 3. The average molecular weight is 560 g/mol. The van der Waals surface area contributed by atoms with Gasteiger partial charge in [0.25, 0.3) is 0 Å². The van der Waals surface area contributed by atoms with Crippen LogP contribution < -0.4 is 13.7 Å². The Morgan fingerprint density at radius 2 is 0.878 bits per heavy atom. The van der Waals surface area contributed by atoms with E-state index in [1.165, 1.54) is 127 Å². The molecule has 224 valence electrons.